The fourth-order valence-corrected chi connectivity index (χ4v) is 2.00. The van der Waals surface area contributed by atoms with Gasteiger partial charge in [-0.05, 0) is 0 Å². The lowest BCUT2D eigenvalue weighted by atomic mass is 9.97. The molecule has 1 amide bonds. The normalized spacial score (nSPS) is 32.9. The third-order valence-electron chi connectivity index (χ3n) is 3.00. The van der Waals surface area contributed by atoms with E-state index in [2.05, 4.69) is 5.32 Å². The van der Waals surface area contributed by atoms with Crippen molar-refractivity contribution in [2.24, 2.45) is 0 Å². The van der Waals surface area contributed by atoms with Crippen LogP contribution in [-0.4, -0.2) is 90.0 Å². The molecule has 1 fully saturated rings. The molecule has 1 aliphatic heterocycles. The van der Waals surface area contributed by atoms with Gasteiger partial charge >= 0.3 is 0 Å². The number of amides is 1. The first-order valence-electron chi connectivity index (χ1n) is 6.71. The fraction of sp³-hybridized carbons (Fsp3) is 0.917. The molecule has 5 unspecified atom stereocenters. The molecule has 124 valence electrons. The predicted molar refractivity (Wildman–Crippen MR) is 69.2 cm³/mol. The Labute approximate surface area is 122 Å². The number of carbonyl (C=O) groups is 1. The van der Waals surface area contributed by atoms with Gasteiger partial charge in [-0.15, -0.1) is 0 Å². The van der Waals surface area contributed by atoms with E-state index < -0.39 is 43.2 Å². The number of aliphatic hydroxyl groups excluding tert-OH is 4. The summed E-state index contributed by atoms with van der Waals surface area (Å²) >= 11 is 0. The zero-order valence-electron chi connectivity index (χ0n) is 11.8. The molecule has 0 aromatic rings. The largest absolute Gasteiger partial charge is 0.394 e. The van der Waals surface area contributed by atoms with Gasteiger partial charge in [0.1, 0.15) is 24.4 Å². The van der Waals surface area contributed by atoms with Crippen LogP contribution in [-0.2, 0) is 19.0 Å². The van der Waals surface area contributed by atoms with Crippen LogP contribution in [0.1, 0.15) is 6.92 Å². The molecular weight excluding hydrogens is 286 g/mol. The summed E-state index contributed by atoms with van der Waals surface area (Å²) in [6.45, 7) is 1.12. The molecule has 21 heavy (non-hydrogen) atoms. The molecule has 1 aliphatic rings. The van der Waals surface area contributed by atoms with Crippen LogP contribution in [0.15, 0.2) is 0 Å². The van der Waals surface area contributed by atoms with Crippen molar-refractivity contribution in [3.63, 3.8) is 0 Å². The third kappa shape index (κ3) is 5.47. The lowest BCUT2D eigenvalue weighted by Gasteiger charge is -2.42. The predicted octanol–water partition coefficient (Wildman–Crippen LogP) is -3.04. The van der Waals surface area contributed by atoms with Crippen molar-refractivity contribution in [3.8, 4) is 0 Å². The monoisotopic (exact) mass is 309 g/mol. The summed E-state index contributed by atoms with van der Waals surface area (Å²) in [5, 5.41) is 39.9. The summed E-state index contributed by atoms with van der Waals surface area (Å²) in [4.78, 5) is 11.2. The van der Waals surface area contributed by atoms with E-state index in [1.54, 1.807) is 0 Å². The Morgan fingerprint density at radius 1 is 1.19 bits per heavy atom. The molecule has 0 aromatic heterocycles. The van der Waals surface area contributed by atoms with Crippen LogP contribution < -0.4 is 5.32 Å². The average Bonchev–Trinajstić information content (AvgIpc) is 2.45. The molecular formula is C12H23NO8. The second kappa shape index (κ2) is 9.26. The molecule has 5 N–H and O–H groups in total. The quantitative estimate of drug-likeness (QED) is 0.298. The van der Waals surface area contributed by atoms with Crippen LogP contribution in [0.4, 0.5) is 0 Å². The van der Waals surface area contributed by atoms with E-state index in [4.69, 9.17) is 24.4 Å². The van der Waals surface area contributed by atoms with Crippen molar-refractivity contribution in [1.29, 1.82) is 0 Å². The molecule has 1 heterocycles. The maximum absolute atomic E-state index is 11.2. The smallest absolute Gasteiger partial charge is 0.217 e. The van der Waals surface area contributed by atoms with Crippen molar-refractivity contribution >= 4 is 5.91 Å². The van der Waals surface area contributed by atoms with E-state index >= 15 is 0 Å². The van der Waals surface area contributed by atoms with Gasteiger partial charge in [-0.2, -0.15) is 0 Å². The minimum atomic E-state index is -1.34. The highest BCUT2D eigenvalue weighted by Crippen LogP contribution is 2.22. The van der Waals surface area contributed by atoms with Gasteiger partial charge in [-0.1, -0.05) is 0 Å². The van der Waals surface area contributed by atoms with Gasteiger partial charge < -0.3 is 40.0 Å². The zero-order chi connectivity index (χ0) is 15.8. The molecule has 0 aliphatic carbocycles. The summed E-state index contributed by atoms with van der Waals surface area (Å²) in [6, 6.07) is -0.960. The molecule has 1 saturated heterocycles. The minimum absolute atomic E-state index is 0.0989. The first-order valence-corrected chi connectivity index (χ1v) is 6.71. The van der Waals surface area contributed by atoms with Gasteiger partial charge in [-0.3, -0.25) is 4.79 Å². The Kier molecular flexibility index (Phi) is 8.04. The maximum Gasteiger partial charge on any atom is 0.217 e. The SMILES string of the molecule is CC(=O)NC1C(OCCOCCO)OC(CO)C(O)C1O. The molecule has 9 nitrogen and oxygen atoms in total. The lowest BCUT2D eigenvalue weighted by Crippen LogP contribution is -2.64. The van der Waals surface area contributed by atoms with Crippen molar-refractivity contribution in [2.45, 2.75) is 37.6 Å². The number of rotatable bonds is 8. The minimum Gasteiger partial charge on any atom is -0.394 e. The second-order valence-corrected chi connectivity index (χ2v) is 4.64. The number of nitrogens with one attached hydrogen (secondary N) is 1. The Balaban J connectivity index is 2.58. The lowest BCUT2D eigenvalue weighted by molar-refractivity contribution is -0.272. The first kappa shape index (κ1) is 18.2. The molecule has 0 aromatic carbocycles. The standard InChI is InChI=1S/C12H23NO8/c1-7(16)13-9-11(18)10(17)8(6-15)21-12(9)20-5-4-19-3-2-14/h8-12,14-15,17-18H,2-6H2,1H3,(H,13,16). The van der Waals surface area contributed by atoms with Crippen molar-refractivity contribution in [1.82, 2.24) is 5.32 Å². The Morgan fingerprint density at radius 2 is 1.90 bits per heavy atom. The maximum atomic E-state index is 11.2. The molecule has 5 atom stereocenters. The number of hydrogen-bond acceptors (Lipinski definition) is 8. The van der Waals surface area contributed by atoms with Gasteiger partial charge in [0.2, 0.25) is 5.91 Å². The average molecular weight is 309 g/mol. The van der Waals surface area contributed by atoms with Crippen LogP contribution >= 0.6 is 0 Å². The summed E-state index contributed by atoms with van der Waals surface area (Å²) in [5.74, 6) is -0.414. The van der Waals surface area contributed by atoms with Gasteiger partial charge in [0.15, 0.2) is 6.29 Å². The summed E-state index contributed by atoms with van der Waals surface area (Å²) in [5.41, 5.74) is 0. The molecule has 1 rings (SSSR count). The van der Waals surface area contributed by atoms with E-state index in [9.17, 15) is 15.0 Å². The van der Waals surface area contributed by atoms with Gasteiger partial charge in [0.25, 0.3) is 0 Å². The number of aliphatic hydroxyl groups is 4. The Bertz CT molecular complexity index is 316. The summed E-state index contributed by atoms with van der Waals surface area (Å²) in [6.07, 6.45) is -4.70. The van der Waals surface area contributed by atoms with Crippen LogP contribution in [0.5, 0.6) is 0 Å². The van der Waals surface area contributed by atoms with Gasteiger partial charge in [0.05, 0.1) is 33.0 Å². The molecule has 0 saturated carbocycles. The highest BCUT2D eigenvalue weighted by atomic mass is 16.7. The highest BCUT2D eigenvalue weighted by molar-refractivity contribution is 5.73. The van der Waals surface area contributed by atoms with E-state index in [0.717, 1.165) is 0 Å². The number of carbonyl (C=O) groups excluding carboxylic acids is 1. The number of ether oxygens (including phenoxy) is 3. The van der Waals surface area contributed by atoms with Crippen LogP contribution in [0.3, 0.4) is 0 Å². The molecule has 9 heteroatoms. The van der Waals surface area contributed by atoms with E-state index in [1.807, 2.05) is 0 Å². The zero-order valence-corrected chi connectivity index (χ0v) is 11.8. The fourth-order valence-electron chi connectivity index (χ4n) is 2.00. The van der Waals surface area contributed by atoms with E-state index in [0.29, 0.717) is 0 Å². The Hall–Kier alpha value is -0.810. The number of hydrogen-bond donors (Lipinski definition) is 5. The highest BCUT2D eigenvalue weighted by Gasteiger charge is 2.45. The third-order valence-corrected chi connectivity index (χ3v) is 3.00. The Morgan fingerprint density at radius 3 is 2.48 bits per heavy atom. The van der Waals surface area contributed by atoms with Crippen molar-refractivity contribution in [2.75, 3.05) is 33.0 Å². The summed E-state index contributed by atoms with van der Waals surface area (Å²) < 4.78 is 15.7. The first-order chi connectivity index (χ1) is 10.0. The van der Waals surface area contributed by atoms with Crippen LogP contribution in [0.25, 0.3) is 0 Å². The molecule has 0 radical (unpaired) electrons. The second-order valence-electron chi connectivity index (χ2n) is 4.64. The molecule has 0 spiro atoms. The topological polar surface area (TPSA) is 138 Å². The summed E-state index contributed by atoms with van der Waals surface area (Å²) in [7, 11) is 0. The van der Waals surface area contributed by atoms with Gasteiger partial charge in [-0.25, -0.2) is 0 Å². The van der Waals surface area contributed by atoms with Crippen LogP contribution in [0, 0.1) is 0 Å². The molecule has 0 bridgehead atoms. The van der Waals surface area contributed by atoms with E-state index in [1.165, 1.54) is 6.92 Å². The van der Waals surface area contributed by atoms with Gasteiger partial charge in [0, 0.05) is 6.92 Å². The van der Waals surface area contributed by atoms with E-state index in [-0.39, 0.29) is 26.4 Å². The van der Waals surface area contributed by atoms with Crippen molar-refractivity contribution in [3.05, 3.63) is 0 Å². The van der Waals surface area contributed by atoms with Crippen LogP contribution in [0.2, 0.25) is 0 Å². The van der Waals surface area contributed by atoms with Crippen molar-refractivity contribution < 1.29 is 39.4 Å².